The molecule has 1 aromatic heterocycles. The Morgan fingerprint density at radius 1 is 1.46 bits per heavy atom. The zero-order valence-corrected chi connectivity index (χ0v) is 9.69. The number of halogens is 4. The van der Waals surface area contributed by atoms with E-state index in [-0.39, 0.29) is 5.69 Å². The summed E-state index contributed by atoms with van der Waals surface area (Å²) in [7, 11) is 1.40. The summed E-state index contributed by atoms with van der Waals surface area (Å²) in [6, 6.07) is 1.19. The van der Waals surface area contributed by atoms with E-state index in [1.807, 2.05) is 0 Å². The van der Waals surface area contributed by atoms with Crippen LogP contribution in [0.2, 0.25) is 0 Å². The first kappa shape index (κ1) is 10.8. The van der Waals surface area contributed by atoms with E-state index >= 15 is 0 Å². The van der Waals surface area contributed by atoms with Crippen molar-refractivity contribution in [3.63, 3.8) is 0 Å². The summed E-state index contributed by atoms with van der Waals surface area (Å²) in [6.45, 7) is 0. The summed E-state index contributed by atoms with van der Waals surface area (Å²) >= 11 is 6.18. The van der Waals surface area contributed by atoms with Crippen LogP contribution < -0.4 is 4.74 Å². The number of hydrogen-bond acceptors (Lipinski definition) is 2. The third-order valence-electron chi connectivity index (χ3n) is 1.35. The Hall–Kier alpha value is -0.230. The molecule has 0 unspecified atom stereocenters. The normalized spacial score (nSPS) is 10.6. The summed E-state index contributed by atoms with van der Waals surface area (Å²) in [4.78, 5) is 3.62. The maximum atomic E-state index is 12.2. The second kappa shape index (κ2) is 4.32. The number of aromatic nitrogens is 1. The molecular formula is C7H5Br2F2NO. The molecule has 13 heavy (non-hydrogen) atoms. The lowest BCUT2D eigenvalue weighted by atomic mass is 10.3. The third-order valence-corrected chi connectivity index (χ3v) is 3.22. The molecule has 1 rings (SSSR count). The highest BCUT2D eigenvalue weighted by Gasteiger charge is 2.15. The van der Waals surface area contributed by atoms with Crippen LogP contribution >= 0.6 is 31.9 Å². The fourth-order valence-electron chi connectivity index (χ4n) is 0.754. The van der Waals surface area contributed by atoms with Crippen molar-refractivity contribution in [2.45, 2.75) is 6.43 Å². The molecule has 0 spiro atoms. The van der Waals surface area contributed by atoms with E-state index in [9.17, 15) is 8.78 Å². The summed E-state index contributed by atoms with van der Waals surface area (Å²) in [5.74, 6) is 0.331. The number of ether oxygens (including phenoxy) is 1. The molecule has 0 aromatic carbocycles. The van der Waals surface area contributed by atoms with Crippen LogP contribution in [0.4, 0.5) is 8.78 Å². The third kappa shape index (κ3) is 2.37. The van der Waals surface area contributed by atoms with Gasteiger partial charge in [0.1, 0.15) is 16.0 Å². The Labute approximate surface area is 90.6 Å². The molecule has 0 N–H and O–H groups in total. The van der Waals surface area contributed by atoms with Crippen LogP contribution in [-0.2, 0) is 0 Å². The molecule has 0 aliphatic heterocycles. The van der Waals surface area contributed by atoms with E-state index in [2.05, 4.69) is 36.8 Å². The second-order valence-corrected chi connectivity index (χ2v) is 3.70. The molecule has 0 aliphatic rings. The van der Waals surface area contributed by atoms with Crippen LogP contribution in [0.15, 0.2) is 15.1 Å². The molecule has 72 valence electrons. The quantitative estimate of drug-likeness (QED) is 0.778. The van der Waals surface area contributed by atoms with Crippen LogP contribution in [0.1, 0.15) is 12.1 Å². The number of rotatable bonds is 2. The minimum absolute atomic E-state index is 0.308. The van der Waals surface area contributed by atoms with Crippen molar-refractivity contribution < 1.29 is 13.5 Å². The molecule has 0 saturated carbocycles. The number of hydrogen-bond donors (Lipinski definition) is 0. The highest BCUT2D eigenvalue weighted by Crippen LogP contribution is 2.34. The van der Waals surface area contributed by atoms with Crippen molar-refractivity contribution in [1.82, 2.24) is 4.98 Å². The lowest BCUT2D eigenvalue weighted by Gasteiger charge is -2.07. The number of methoxy groups -OCH3 is 1. The molecule has 1 heterocycles. The van der Waals surface area contributed by atoms with Gasteiger partial charge in [0.25, 0.3) is 6.43 Å². The van der Waals surface area contributed by atoms with Crippen molar-refractivity contribution in [3.8, 4) is 5.75 Å². The van der Waals surface area contributed by atoms with Crippen molar-refractivity contribution in [3.05, 3.63) is 20.8 Å². The molecule has 0 atom stereocenters. The van der Waals surface area contributed by atoms with Crippen molar-refractivity contribution in [2.24, 2.45) is 0 Å². The molecule has 2 nitrogen and oxygen atoms in total. The van der Waals surface area contributed by atoms with Gasteiger partial charge in [-0.15, -0.1) is 0 Å². The van der Waals surface area contributed by atoms with E-state index in [1.54, 1.807) is 0 Å². The largest absolute Gasteiger partial charge is 0.495 e. The van der Waals surface area contributed by atoms with Crippen LogP contribution in [0.3, 0.4) is 0 Å². The Kier molecular flexibility index (Phi) is 3.61. The first-order valence-corrected chi connectivity index (χ1v) is 4.83. The fraction of sp³-hybridized carbons (Fsp3) is 0.286. The molecule has 0 bridgehead atoms. The average molecular weight is 317 g/mol. The highest BCUT2D eigenvalue weighted by molar-refractivity contribution is 9.13. The SMILES string of the molecule is COc1cc(C(F)F)nc(Br)c1Br. The van der Waals surface area contributed by atoms with Gasteiger partial charge in [-0.2, -0.15) is 0 Å². The van der Waals surface area contributed by atoms with E-state index in [0.717, 1.165) is 0 Å². The van der Waals surface area contributed by atoms with Gasteiger partial charge in [0.15, 0.2) is 0 Å². The molecule has 0 amide bonds. The first-order valence-electron chi connectivity index (χ1n) is 3.24. The van der Waals surface area contributed by atoms with E-state index in [4.69, 9.17) is 4.74 Å². The van der Waals surface area contributed by atoms with Gasteiger partial charge in [-0.25, -0.2) is 13.8 Å². The van der Waals surface area contributed by atoms with Crippen LogP contribution in [0.25, 0.3) is 0 Å². The van der Waals surface area contributed by atoms with E-state index < -0.39 is 6.43 Å². The molecule has 0 saturated heterocycles. The predicted molar refractivity (Wildman–Crippen MR) is 51.1 cm³/mol. The average Bonchev–Trinajstić information content (AvgIpc) is 2.09. The van der Waals surface area contributed by atoms with Crippen molar-refractivity contribution in [2.75, 3.05) is 7.11 Å². The van der Waals surface area contributed by atoms with Gasteiger partial charge in [-0.3, -0.25) is 0 Å². The number of nitrogens with zero attached hydrogens (tertiary/aromatic N) is 1. The summed E-state index contributed by atoms with van der Waals surface area (Å²) < 4.78 is 30.2. The maximum Gasteiger partial charge on any atom is 0.280 e. The van der Waals surface area contributed by atoms with Gasteiger partial charge in [-0.1, -0.05) is 0 Å². The van der Waals surface area contributed by atoms with E-state index in [1.165, 1.54) is 13.2 Å². The lowest BCUT2D eigenvalue weighted by molar-refractivity contribution is 0.145. The molecule has 0 fully saturated rings. The molecule has 0 radical (unpaired) electrons. The Balaban J connectivity index is 3.22. The van der Waals surface area contributed by atoms with Gasteiger partial charge < -0.3 is 4.74 Å². The molecule has 0 aliphatic carbocycles. The highest BCUT2D eigenvalue weighted by atomic mass is 79.9. The standard InChI is InChI=1S/C7H5Br2F2NO/c1-13-4-2-3(7(10)11)12-6(9)5(4)8/h2,7H,1H3. The number of alkyl halides is 2. The van der Waals surface area contributed by atoms with Gasteiger partial charge >= 0.3 is 0 Å². The Morgan fingerprint density at radius 2 is 2.08 bits per heavy atom. The Morgan fingerprint density at radius 3 is 2.54 bits per heavy atom. The van der Waals surface area contributed by atoms with Crippen LogP contribution in [0, 0.1) is 0 Å². The first-order chi connectivity index (χ1) is 6.06. The molecular weight excluding hydrogens is 312 g/mol. The maximum absolute atomic E-state index is 12.2. The van der Waals surface area contributed by atoms with Gasteiger partial charge in [-0.05, 0) is 31.9 Å². The topological polar surface area (TPSA) is 22.1 Å². The Bertz CT molecular complexity index is 320. The van der Waals surface area contributed by atoms with Gasteiger partial charge in [0.05, 0.1) is 11.6 Å². The molecule has 1 aromatic rings. The zero-order valence-electron chi connectivity index (χ0n) is 6.52. The number of pyridine rings is 1. The zero-order chi connectivity index (χ0) is 10.0. The second-order valence-electron chi connectivity index (χ2n) is 2.15. The summed E-state index contributed by atoms with van der Waals surface area (Å²) in [6.07, 6.45) is -2.60. The lowest BCUT2D eigenvalue weighted by Crippen LogP contribution is -1.94. The summed E-state index contributed by atoms with van der Waals surface area (Å²) in [5.41, 5.74) is -0.313. The van der Waals surface area contributed by atoms with Crippen molar-refractivity contribution in [1.29, 1.82) is 0 Å². The monoisotopic (exact) mass is 315 g/mol. The van der Waals surface area contributed by atoms with Crippen LogP contribution in [0.5, 0.6) is 5.75 Å². The van der Waals surface area contributed by atoms with Gasteiger partial charge in [0, 0.05) is 6.07 Å². The predicted octanol–water partition coefficient (Wildman–Crippen LogP) is 3.55. The summed E-state index contributed by atoms with van der Waals surface area (Å²) in [5, 5.41) is 0. The molecule has 6 heteroatoms. The van der Waals surface area contributed by atoms with Gasteiger partial charge in [0.2, 0.25) is 0 Å². The fourth-order valence-corrected chi connectivity index (χ4v) is 1.52. The van der Waals surface area contributed by atoms with Crippen molar-refractivity contribution >= 4 is 31.9 Å². The smallest absolute Gasteiger partial charge is 0.280 e. The minimum Gasteiger partial charge on any atom is -0.495 e. The minimum atomic E-state index is -2.60. The van der Waals surface area contributed by atoms with E-state index in [0.29, 0.717) is 14.8 Å². The van der Waals surface area contributed by atoms with Crippen LogP contribution in [-0.4, -0.2) is 12.1 Å².